The normalized spacial score (nSPS) is 16.2. The SMILES string of the molecule is CC1=CC(/C=C/c2nc(Nc3ccc(P(C)(C)=O)cc3)nc(Nc3cc(C4CC4)[nH]n3)n2)=CCC1. The summed E-state index contributed by atoms with van der Waals surface area (Å²) >= 11 is 0. The van der Waals surface area contributed by atoms with Crippen molar-refractivity contribution in [2.45, 2.75) is 38.5 Å². The molecule has 1 fully saturated rings. The number of nitrogens with zero attached hydrogens (tertiary/aromatic N) is 4. The molecule has 0 amide bonds. The third kappa shape index (κ3) is 6.14. The molecule has 0 spiro atoms. The first-order valence-corrected chi connectivity index (χ1v) is 14.5. The molecule has 1 saturated carbocycles. The smallest absolute Gasteiger partial charge is 0.233 e. The first-order chi connectivity index (χ1) is 16.8. The number of H-pyrrole nitrogens is 1. The number of anilines is 4. The summed E-state index contributed by atoms with van der Waals surface area (Å²) in [7, 11) is -2.31. The lowest BCUT2D eigenvalue weighted by atomic mass is 10.0. The number of aromatic nitrogens is 5. The van der Waals surface area contributed by atoms with Crippen LogP contribution < -0.4 is 15.9 Å². The number of nitrogens with one attached hydrogen (secondary N) is 3. The van der Waals surface area contributed by atoms with Crippen LogP contribution in [0.15, 0.2) is 59.7 Å². The molecule has 1 aromatic carbocycles. The Labute approximate surface area is 205 Å². The molecule has 2 aliphatic carbocycles. The molecule has 2 aromatic heterocycles. The molecule has 0 saturated heterocycles. The van der Waals surface area contributed by atoms with Gasteiger partial charge in [0.25, 0.3) is 0 Å². The summed E-state index contributed by atoms with van der Waals surface area (Å²) in [5.74, 6) is 2.61. The fraction of sp³-hybridized carbons (Fsp3) is 0.308. The number of aromatic amines is 1. The predicted molar refractivity (Wildman–Crippen MR) is 143 cm³/mol. The minimum absolute atomic E-state index is 0.406. The highest BCUT2D eigenvalue weighted by atomic mass is 31.2. The standard InChI is InChI=1S/C26H30N7OP/c1-17-5-4-6-18(15-17)7-14-23-28-25(27-20-10-12-21(13-11-20)35(2,3)34)31-26(29-23)30-24-16-22(32-33-24)19-8-9-19/h6-7,10-16,19H,4-5,8-9H2,1-3H3,(H3,27,28,29,30,31,32,33)/b14-7+. The monoisotopic (exact) mass is 487 g/mol. The van der Waals surface area contributed by atoms with Crippen LogP contribution in [-0.2, 0) is 4.57 Å². The summed E-state index contributed by atoms with van der Waals surface area (Å²) in [4.78, 5) is 13.7. The second kappa shape index (κ2) is 9.62. The van der Waals surface area contributed by atoms with Crippen molar-refractivity contribution < 1.29 is 4.57 Å². The molecular formula is C26H30N7OP. The highest BCUT2D eigenvalue weighted by molar-refractivity contribution is 7.70. The van der Waals surface area contributed by atoms with Crippen molar-refractivity contribution in [3.8, 4) is 0 Å². The van der Waals surface area contributed by atoms with Crippen LogP contribution in [0, 0.1) is 0 Å². The van der Waals surface area contributed by atoms with Crippen molar-refractivity contribution in [1.29, 1.82) is 0 Å². The van der Waals surface area contributed by atoms with Gasteiger partial charge in [-0.25, -0.2) is 0 Å². The van der Waals surface area contributed by atoms with Crippen molar-refractivity contribution >= 4 is 41.9 Å². The average Bonchev–Trinajstić information content (AvgIpc) is 3.56. The quantitative estimate of drug-likeness (QED) is 0.340. The maximum absolute atomic E-state index is 12.3. The number of hydrogen-bond donors (Lipinski definition) is 3. The number of rotatable bonds is 8. The van der Waals surface area contributed by atoms with Crippen LogP contribution in [0.25, 0.3) is 6.08 Å². The molecule has 8 nitrogen and oxygen atoms in total. The van der Waals surface area contributed by atoms with Gasteiger partial charge in [-0.1, -0.05) is 23.8 Å². The summed E-state index contributed by atoms with van der Waals surface area (Å²) in [5, 5.41) is 14.7. The molecule has 0 bridgehead atoms. The van der Waals surface area contributed by atoms with Gasteiger partial charge in [-0.15, -0.1) is 0 Å². The highest BCUT2D eigenvalue weighted by Crippen LogP contribution is 2.39. The van der Waals surface area contributed by atoms with Gasteiger partial charge in [0.05, 0.1) is 0 Å². The van der Waals surface area contributed by atoms with Gasteiger partial charge in [-0.2, -0.15) is 20.1 Å². The molecule has 5 rings (SSSR count). The van der Waals surface area contributed by atoms with Crippen molar-refractivity contribution in [1.82, 2.24) is 25.1 Å². The van der Waals surface area contributed by atoms with E-state index in [2.05, 4.69) is 54.9 Å². The van der Waals surface area contributed by atoms with E-state index in [0.29, 0.717) is 29.5 Å². The second-order valence-electron chi connectivity index (χ2n) is 9.54. The van der Waals surface area contributed by atoms with E-state index >= 15 is 0 Å². The topological polar surface area (TPSA) is 108 Å². The van der Waals surface area contributed by atoms with E-state index in [1.165, 1.54) is 18.4 Å². The zero-order valence-electron chi connectivity index (χ0n) is 20.2. The van der Waals surface area contributed by atoms with Gasteiger partial charge in [0.2, 0.25) is 11.9 Å². The largest absolute Gasteiger partial charge is 0.324 e. The molecule has 3 aromatic rings. The van der Waals surface area contributed by atoms with E-state index in [4.69, 9.17) is 0 Å². The molecule has 9 heteroatoms. The maximum atomic E-state index is 12.3. The van der Waals surface area contributed by atoms with E-state index in [9.17, 15) is 4.57 Å². The molecular weight excluding hydrogens is 457 g/mol. The first kappa shape index (κ1) is 23.2. The van der Waals surface area contributed by atoms with Crippen LogP contribution in [0.3, 0.4) is 0 Å². The molecule has 180 valence electrons. The fourth-order valence-corrected chi connectivity index (χ4v) is 4.77. The number of hydrogen-bond acceptors (Lipinski definition) is 7. The Bertz CT molecular complexity index is 1360. The first-order valence-electron chi connectivity index (χ1n) is 11.9. The Morgan fingerprint density at radius 1 is 1.03 bits per heavy atom. The molecule has 3 N–H and O–H groups in total. The lowest BCUT2D eigenvalue weighted by Gasteiger charge is -2.10. The van der Waals surface area contributed by atoms with Crippen LogP contribution in [0.4, 0.5) is 23.4 Å². The lowest BCUT2D eigenvalue weighted by Crippen LogP contribution is -2.07. The lowest BCUT2D eigenvalue weighted by molar-refractivity contribution is 0.588. The summed E-state index contributed by atoms with van der Waals surface area (Å²) in [6.07, 6.45) is 12.9. The van der Waals surface area contributed by atoms with Gasteiger partial charge in [0.15, 0.2) is 11.6 Å². The minimum Gasteiger partial charge on any atom is -0.324 e. The zero-order chi connectivity index (χ0) is 24.4. The van der Waals surface area contributed by atoms with E-state index in [-0.39, 0.29) is 0 Å². The van der Waals surface area contributed by atoms with Crippen molar-refractivity contribution in [2.75, 3.05) is 24.0 Å². The molecule has 0 unspecified atom stereocenters. The minimum atomic E-state index is -2.31. The van der Waals surface area contributed by atoms with E-state index in [0.717, 1.165) is 35.1 Å². The van der Waals surface area contributed by atoms with Gasteiger partial charge in [-0.05, 0) is 81.9 Å². The van der Waals surface area contributed by atoms with Crippen LogP contribution in [0.1, 0.15) is 50.0 Å². The van der Waals surface area contributed by atoms with Crippen molar-refractivity contribution in [2.24, 2.45) is 0 Å². The van der Waals surface area contributed by atoms with Gasteiger partial charge in [-0.3, -0.25) is 5.10 Å². The predicted octanol–water partition coefficient (Wildman–Crippen LogP) is 5.89. The molecule has 2 aliphatic rings. The summed E-state index contributed by atoms with van der Waals surface area (Å²) in [5.41, 5.74) is 4.46. The molecule has 0 atom stereocenters. The summed E-state index contributed by atoms with van der Waals surface area (Å²) in [6.45, 7) is 5.68. The van der Waals surface area contributed by atoms with E-state index in [1.807, 2.05) is 42.5 Å². The summed E-state index contributed by atoms with van der Waals surface area (Å²) < 4.78 is 12.3. The average molecular weight is 488 g/mol. The number of benzene rings is 1. The molecule has 0 radical (unpaired) electrons. The van der Waals surface area contributed by atoms with Gasteiger partial charge < -0.3 is 15.2 Å². The number of allylic oxidation sites excluding steroid dienone is 5. The highest BCUT2D eigenvalue weighted by Gasteiger charge is 2.25. The Hall–Kier alpha value is -3.51. The molecule has 35 heavy (non-hydrogen) atoms. The van der Waals surface area contributed by atoms with Crippen molar-refractivity contribution in [3.05, 3.63) is 71.2 Å². The van der Waals surface area contributed by atoms with Gasteiger partial charge in [0.1, 0.15) is 7.14 Å². The molecule has 2 heterocycles. The maximum Gasteiger partial charge on any atom is 0.233 e. The third-order valence-electron chi connectivity index (χ3n) is 6.01. The Kier molecular flexibility index (Phi) is 6.39. The summed E-state index contributed by atoms with van der Waals surface area (Å²) in [6, 6.07) is 9.53. The zero-order valence-corrected chi connectivity index (χ0v) is 21.1. The Morgan fingerprint density at radius 3 is 2.46 bits per heavy atom. The van der Waals surface area contributed by atoms with Crippen molar-refractivity contribution in [3.63, 3.8) is 0 Å². The Morgan fingerprint density at radius 2 is 1.77 bits per heavy atom. The van der Waals surface area contributed by atoms with Gasteiger partial charge >= 0.3 is 0 Å². The molecule has 0 aliphatic heterocycles. The van der Waals surface area contributed by atoms with Crippen LogP contribution in [0.2, 0.25) is 0 Å². The Balaban J connectivity index is 1.41. The van der Waals surface area contributed by atoms with E-state index < -0.39 is 7.14 Å². The van der Waals surface area contributed by atoms with E-state index in [1.54, 1.807) is 13.3 Å². The van der Waals surface area contributed by atoms with Crippen LogP contribution in [-0.4, -0.2) is 38.5 Å². The van der Waals surface area contributed by atoms with Gasteiger partial charge in [0, 0.05) is 28.7 Å². The van der Waals surface area contributed by atoms with Crippen LogP contribution >= 0.6 is 7.14 Å². The van der Waals surface area contributed by atoms with Crippen LogP contribution in [0.5, 0.6) is 0 Å². The third-order valence-corrected chi connectivity index (χ3v) is 7.55. The second-order valence-corrected chi connectivity index (χ2v) is 12.8. The fourth-order valence-electron chi connectivity index (χ4n) is 3.90.